The normalized spacial score (nSPS) is 15.8. The maximum Gasteiger partial charge on any atom is 0.140 e. The molecule has 2 aromatic carbocycles. The second-order valence-electron chi connectivity index (χ2n) is 8.06. The summed E-state index contributed by atoms with van der Waals surface area (Å²) in [6.07, 6.45) is 2.62. The van der Waals surface area contributed by atoms with E-state index in [9.17, 15) is 4.55 Å². The summed E-state index contributed by atoms with van der Waals surface area (Å²) in [5.41, 5.74) is 6.06. The number of imidazole rings is 1. The fraction of sp³-hybridized carbons (Fsp3) is 0.200. The van der Waals surface area contributed by atoms with Crippen LogP contribution in [0.4, 0.5) is 0 Å². The molecule has 3 aromatic heterocycles. The first-order chi connectivity index (χ1) is 16.1. The van der Waals surface area contributed by atoms with Crippen LogP contribution in [0.1, 0.15) is 16.1 Å². The van der Waals surface area contributed by atoms with Crippen molar-refractivity contribution in [1.82, 2.24) is 14.5 Å². The predicted molar refractivity (Wildman–Crippen MR) is 136 cm³/mol. The Morgan fingerprint density at radius 3 is 2.82 bits per heavy atom. The molecule has 0 bridgehead atoms. The van der Waals surface area contributed by atoms with Gasteiger partial charge in [0.1, 0.15) is 22.1 Å². The minimum absolute atomic E-state index is 0.521. The summed E-state index contributed by atoms with van der Waals surface area (Å²) >= 11 is 7.94. The van der Waals surface area contributed by atoms with Gasteiger partial charge in [-0.1, -0.05) is 35.9 Å². The molecule has 0 N–H and O–H groups in total. The van der Waals surface area contributed by atoms with Gasteiger partial charge in [0.05, 0.1) is 46.6 Å². The largest absolute Gasteiger partial charge is 0.616 e. The maximum absolute atomic E-state index is 12.2. The monoisotopic (exact) mass is 493 g/mol. The van der Waals surface area contributed by atoms with E-state index in [1.165, 1.54) is 5.56 Å². The number of rotatable bonds is 4. The van der Waals surface area contributed by atoms with Gasteiger partial charge in [-0.15, -0.1) is 11.3 Å². The summed E-state index contributed by atoms with van der Waals surface area (Å²) in [6, 6.07) is 16.0. The minimum atomic E-state index is -0.816. The Hall–Kier alpha value is -2.58. The maximum atomic E-state index is 12.2. The van der Waals surface area contributed by atoms with Crippen LogP contribution in [0.2, 0.25) is 5.02 Å². The summed E-state index contributed by atoms with van der Waals surface area (Å²) in [5, 5.41) is 1.75. The van der Waals surface area contributed by atoms with Crippen molar-refractivity contribution >= 4 is 55.4 Å². The first-order valence-electron chi connectivity index (χ1n) is 10.6. The minimum Gasteiger partial charge on any atom is -0.616 e. The Morgan fingerprint density at radius 2 is 2.00 bits per heavy atom. The van der Waals surface area contributed by atoms with Crippen molar-refractivity contribution in [3.63, 3.8) is 0 Å². The van der Waals surface area contributed by atoms with E-state index >= 15 is 0 Å². The van der Waals surface area contributed by atoms with Crippen LogP contribution < -0.4 is 4.74 Å². The predicted octanol–water partition coefficient (Wildman–Crippen LogP) is 5.83. The highest BCUT2D eigenvalue weighted by Crippen LogP contribution is 2.45. The van der Waals surface area contributed by atoms with Gasteiger partial charge in [0.15, 0.2) is 0 Å². The number of hydrogen-bond acceptors (Lipinski definition) is 5. The van der Waals surface area contributed by atoms with E-state index in [0.717, 1.165) is 55.1 Å². The Kier molecular flexibility index (Phi) is 5.30. The summed E-state index contributed by atoms with van der Waals surface area (Å²) in [6.45, 7) is 0.521. The SMILES string of the molecule is COc1ccc(-c2c(Cl)c(Cn3cnc4ccccc43)nc3sc4c(c23)CC[S+]([O-])C4)cc1. The fourth-order valence-corrected chi connectivity index (χ4v) is 7.53. The number of pyridine rings is 1. The van der Waals surface area contributed by atoms with Crippen LogP contribution in [-0.2, 0) is 29.9 Å². The number of aryl methyl sites for hydroxylation is 1. The molecule has 1 aliphatic heterocycles. The molecule has 0 saturated carbocycles. The van der Waals surface area contributed by atoms with Crippen LogP contribution in [-0.4, -0.2) is 32.0 Å². The molecule has 33 heavy (non-hydrogen) atoms. The van der Waals surface area contributed by atoms with Crippen molar-refractivity contribution in [2.24, 2.45) is 0 Å². The quantitative estimate of drug-likeness (QED) is 0.295. The zero-order valence-electron chi connectivity index (χ0n) is 17.9. The molecule has 5 nitrogen and oxygen atoms in total. The van der Waals surface area contributed by atoms with Crippen LogP contribution in [0.15, 0.2) is 54.9 Å². The highest BCUT2D eigenvalue weighted by atomic mass is 35.5. The molecule has 0 saturated heterocycles. The van der Waals surface area contributed by atoms with Gasteiger partial charge in [-0.05, 0) is 46.6 Å². The van der Waals surface area contributed by atoms with Crippen molar-refractivity contribution in [2.45, 2.75) is 18.7 Å². The van der Waals surface area contributed by atoms with Gasteiger partial charge >= 0.3 is 0 Å². The van der Waals surface area contributed by atoms with Crippen LogP contribution >= 0.6 is 22.9 Å². The molecule has 0 radical (unpaired) electrons. The van der Waals surface area contributed by atoms with Crippen LogP contribution in [0, 0.1) is 0 Å². The molecule has 4 heterocycles. The average Bonchev–Trinajstić information content (AvgIpc) is 3.40. The third kappa shape index (κ3) is 3.60. The van der Waals surface area contributed by atoms with Crippen molar-refractivity contribution < 1.29 is 9.29 Å². The highest BCUT2D eigenvalue weighted by molar-refractivity contribution is 7.90. The van der Waals surface area contributed by atoms with Crippen LogP contribution in [0.5, 0.6) is 5.75 Å². The molecule has 8 heteroatoms. The van der Waals surface area contributed by atoms with Crippen LogP contribution in [0.25, 0.3) is 32.4 Å². The van der Waals surface area contributed by atoms with Crippen molar-refractivity contribution in [1.29, 1.82) is 0 Å². The molecule has 0 fully saturated rings. The van der Waals surface area contributed by atoms with Gasteiger partial charge in [-0.3, -0.25) is 0 Å². The molecule has 1 atom stereocenters. The fourth-order valence-electron chi connectivity index (χ4n) is 4.51. The van der Waals surface area contributed by atoms with E-state index in [-0.39, 0.29) is 0 Å². The average molecular weight is 494 g/mol. The first-order valence-corrected chi connectivity index (χ1v) is 13.3. The first kappa shape index (κ1) is 21.0. The Morgan fingerprint density at radius 1 is 1.18 bits per heavy atom. The number of ether oxygens (including phenoxy) is 1. The zero-order valence-corrected chi connectivity index (χ0v) is 20.3. The Balaban J connectivity index is 1.57. The number of methoxy groups -OCH3 is 1. The van der Waals surface area contributed by atoms with Crippen molar-refractivity contribution in [2.75, 3.05) is 12.9 Å². The molecular formula is C25H20ClN3O2S2. The molecule has 1 aliphatic rings. The summed E-state index contributed by atoms with van der Waals surface area (Å²) in [4.78, 5) is 11.7. The number of fused-ring (bicyclic) bond motifs is 4. The zero-order chi connectivity index (χ0) is 22.5. The van der Waals surface area contributed by atoms with Crippen LogP contribution in [0.3, 0.4) is 0 Å². The second kappa shape index (κ2) is 8.33. The Labute approximate surface area is 203 Å². The summed E-state index contributed by atoms with van der Waals surface area (Å²) in [5.74, 6) is 2.08. The summed E-state index contributed by atoms with van der Waals surface area (Å²) < 4.78 is 19.7. The molecule has 0 spiro atoms. The molecular weight excluding hydrogens is 474 g/mol. The third-order valence-corrected chi connectivity index (χ3v) is 9.12. The van der Waals surface area contributed by atoms with E-state index in [2.05, 4.69) is 15.6 Å². The second-order valence-corrected chi connectivity index (χ2v) is 11.1. The molecule has 0 amide bonds. The highest BCUT2D eigenvalue weighted by Gasteiger charge is 2.28. The van der Waals surface area contributed by atoms with E-state index in [1.807, 2.05) is 48.8 Å². The van der Waals surface area contributed by atoms with Gasteiger partial charge < -0.3 is 13.9 Å². The lowest BCUT2D eigenvalue weighted by Crippen LogP contribution is -2.17. The van der Waals surface area contributed by atoms with Crippen molar-refractivity contribution in [3.8, 4) is 16.9 Å². The lowest BCUT2D eigenvalue weighted by molar-refractivity contribution is 0.415. The van der Waals surface area contributed by atoms with Gasteiger partial charge in [-0.2, -0.15) is 0 Å². The molecule has 5 aromatic rings. The van der Waals surface area contributed by atoms with Gasteiger partial charge in [0, 0.05) is 17.4 Å². The lowest BCUT2D eigenvalue weighted by Gasteiger charge is -2.18. The number of thiophene rings is 1. The number of hydrogen-bond donors (Lipinski definition) is 0. The molecule has 1 unspecified atom stereocenters. The van der Waals surface area contributed by atoms with Gasteiger partial charge in [-0.25, -0.2) is 9.97 Å². The van der Waals surface area contributed by atoms with E-state index in [1.54, 1.807) is 18.4 Å². The van der Waals surface area contributed by atoms with E-state index in [0.29, 0.717) is 23.1 Å². The van der Waals surface area contributed by atoms with Gasteiger partial charge in [0.25, 0.3) is 0 Å². The standard InChI is InChI=1S/C25H20ClN3O2S2/c1-31-16-8-6-15(7-9-16)22-23-17-10-11-33(30)13-21(17)32-25(23)28-19(24(22)26)12-29-14-27-18-4-2-3-5-20(18)29/h2-9,14H,10-13H2,1H3. The smallest absolute Gasteiger partial charge is 0.140 e. The summed E-state index contributed by atoms with van der Waals surface area (Å²) in [7, 11) is 1.66. The van der Waals surface area contributed by atoms with E-state index < -0.39 is 11.2 Å². The number of halogens is 1. The Bertz CT molecular complexity index is 1490. The van der Waals surface area contributed by atoms with Gasteiger partial charge in [0.2, 0.25) is 0 Å². The number of benzene rings is 2. The number of para-hydroxylation sites is 2. The van der Waals surface area contributed by atoms with Crippen molar-refractivity contribution in [3.05, 3.63) is 76.0 Å². The van der Waals surface area contributed by atoms with E-state index in [4.69, 9.17) is 21.3 Å². The molecule has 6 rings (SSSR count). The third-order valence-electron chi connectivity index (χ3n) is 6.13. The number of aromatic nitrogens is 3. The molecule has 0 aliphatic carbocycles. The number of nitrogens with zero attached hydrogens (tertiary/aromatic N) is 3. The molecule has 166 valence electrons. The topological polar surface area (TPSA) is 63.0 Å². The lowest BCUT2D eigenvalue weighted by atomic mass is 9.97.